The summed E-state index contributed by atoms with van der Waals surface area (Å²) >= 11 is 0. The fourth-order valence-electron chi connectivity index (χ4n) is 2.77. The van der Waals surface area contributed by atoms with E-state index in [0.29, 0.717) is 45.9 Å². The Morgan fingerprint density at radius 2 is 1.36 bits per heavy atom. The van der Waals surface area contributed by atoms with Gasteiger partial charge in [0.1, 0.15) is 0 Å². The molecular formula is C15H27N3O7. The summed E-state index contributed by atoms with van der Waals surface area (Å²) in [6.07, 6.45) is 0. The van der Waals surface area contributed by atoms with Gasteiger partial charge in [-0.1, -0.05) is 0 Å². The van der Waals surface area contributed by atoms with Gasteiger partial charge in [-0.2, -0.15) is 0 Å². The summed E-state index contributed by atoms with van der Waals surface area (Å²) in [6.45, 7) is 4.04. The monoisotopic (exact) mass is 361 g/mol. The van der Waals surface area contributed by atoms with Crippen molar-refractivity contribution in [2.75, 3.05) is 65.6 Å². The average Bonchev–Trinajstić information content (AvgIpc) is 2.48. The van der Waals surface area contributed by atoms with Crippen molar-refractivity contribution in [1.29, 1.82) is 0 Å². The first-order valence-electron chi connectivity index (χ1n) is 8.19. The lowest BCUT2D eigenvalue weighted by Gasteiger charge is -2.33. The summed E-state index contributed by atoms with van der Waals surface area (Å²) in [5, 5.41) is 27.1. The van der Waals surface area contributed by atoms with Crippen LogP contribution in [0.1, 0.15) is 6.92 Å². The summed E-state index contributed by atoms with van der Waals surface area (Å²) in [4.78, 5) is 38.2. The SMILES string of the molecule is CC1CN(CC(=O)O)CCN(CC(=O)O)CCOCCN1CC(=O)O. The third-order valence-corrected chi connectivity index (χ3v) is 4.01. The fourth-order valence-corrected chi connectivity index (χ4v) is 2.77. The van der Waals surface area contributed by atoms with Crippen molar-refractivity contribution in [3.05, 3.63) is 0 Å². The van der Waals surface area contributed by atoms with Gasteiger partial charge in [0.05, 0.1) is 32.8 Å². The van der Waals surface area contributed by atoms with Gasteiger partial charge in [0.25, 0.3) is 0 Å². The molecule has 10 heteroatoms. The second-order valence-corrected chi connectivity index (χ2v) is 6.12. The van der Waals surface area contributed by atoms with Crippen LogP contribution in [0.3, 0.4) is 0 Å². The highest BCUT2D eigenvalue weighted by Crippen LogP contribution is 2.05. The lowest BCUT2D eigenvalue weighted by Crippen LogP contribution is -2.49. The van der Waals surface area contributed by atoms with Gasteiger partial charge in [-0.3, -0.25) is 29.1 Å². The maximum Gasteiger partial charge on any atom is 0.317 e. The second-order valence-electron chi connectivity index (χ2n) is 6.12. The van der Waals surface area contributed by atoms with E-state index in [1.807, 2.05) is 6.92 Å². The van der Waals surface area contributed by atoms with Crippen LogP contribution in [-0.4, -0.2) is 120 Å². The Labute approximate surface area is 146 Å². The smallest absolute Gasteiger partial charge is 0.317 e. The Kier molecular flexibility index (Phi) is 9.35. The van der Waals surface area contributed by atoms with Gasteiger partial charge in [-0.05, 0) is 6.92 Å². The Morgan fingerprint density at radius 3 is 1.96 bits per heavy atom. The van der Waals surface area contributed by atoms with Crippen LogP contribution >= 0.6 is 0 Å². The highest BCUT2D eigenvalue weighted by molar-refractivity contribution is 5.69. The summed E-state index contributed by atoms with van der Waals surface area (Å²) in [6, 6.07) is -0.175. The molecule has 1 aliphatic rings. The fraction of sp³-hybridized carbons (Fsp3) is 0.800. The normalized spacial score (nSPS) is 22.7. The number of hydrogen-bond donors (Lipinski definition) is 3. The van der Waals surface area contributed by atoms with Gasteiger partial charge >= 0.3 is 17.9 Å². The maximum atomic E-state index is 11.1. The van der Waals surface area contributed by atoms with Crippen molar-refractivity contribution in [2.45, 2.75) is 13.0 Å². The second kappa shape index (κ2) is 11.0. The molecule has 144 valence electrons. The quantitative estimate of drug-likeness (QED) is 0.517. The highest BCUT2D eigenvalue weighted by atomic mass is 16.5. The standard InChI is InChI=1S/C15H27N3O7/c1-12-8-17(10-14(21)22)3-2-16(9-13(19)20)4-6-25-7-5-18(12)11-15(23)24/h12H,2-11H2,1H3,(H,19,20)(H,21,22)(H,23,24). The molecule has 0 bridgehead atoms. The minimum Gasteiger partial charge on any atom is -0.480 e. The van der Waals surface area contributed by atoms with E-state index in [0.717, 1.165) is 0 Å². The number of carboxylic acids is 3. The van der Waals surface area contributed by atoms with Crippen LogP contribution in [0.4, 0.5) is 0 Å². The van der Waals surface area contributed by atoms with Gasteiger partial charge in [-0.15, -0.1) is 0 Å². The molecule has 1 saturated heterocycles. The first kappa shape index (κ1) is 21.3. The number of hydrogen-bond acceptors (Lipinski definition) is 7. The largest absolute Gasteiger partial charge is 0.480 e. The molecule has 0 radical (unpaired) electrons. The predicted octanol–water partition coefficient (Wildman–Crippen LogP) is -1.44. The van der Waals surface area contributed by atoms with Crippen LogP contribution in [0.5, 0.6) is 0 Å². The molecule has 1 atom stereocenters. The third kappa shape index (κ3) is 9.34. The number of rotatable bonds is 6. The zero-order valence-corrected chi connectivity index (χ0v) is 14.5. The third-order valence-electron chi connectivity index (χ3n) is 4.01. The zero-order valence-electron chi connectivity index (χ0n) is 14.5. The average molecular weight is 361 g/mol. The molecule has 0 saturated carbocycles. The number of carboxylic acid groups (broad SMARTS) is 3. The van der Waals surface area contributed by atoms with E-state index in [-0.39, 0.29) is 25.7 Å². The van der Waals surface area contributed by atoms with Crippen molar-refractivity contribution < 1.29 is 34.4 Å². The molecule has 1 fully saturated rings. The molecule has 25 heavy (non-hydrogen) atoms. The summed E-state index contributed by atoms with van der Waals surface area (Å²) in [5.41, 5.74) is 0. The van der Waals surface area contributed by atoms with Crippen molar-refractivity contribution in [3.63, 3.8) is 0 Å². The maximum absolute atomic E-state index is 11.1. The molecule has 0 aliphatic carbocycles. The van der Waals surface area contributed by atoms with Crippen molar-refractivity contribution in [2.24, 2.45) is 0 Å². The van der Waals surface area contributed by atoms with Crippen LogP contribution < -0.4 is 0 Å². The zero-order chi connectivity index (χ0) is 18.8. The van der Waals surface area contributed by atoms with E-state index >= 15 is 0 Å². The Balaban J connectivity index is 2.80. The number of carbonyl (C=O) groups is 3. The van der Waals surface area contributed by atoms with Gasteiger partial charge in [-0.25, -0.2) is 0 Å². The molecule has 0 aromatic carbocycles. The summed E-state index contributed by atoms with van der Waals surface area (Å²) in [5.74, 6) is -2.87. The van der Waals surface area contributed by atoms with Gasteiger partial charge in [0.15, 0.2) is 0 Å². The molecule has 10 nitrogen and oxygen atoms in total. The van der Waals surface area contributed by atoms with E-state index in [1.165, 1.54) is 0 Å². The first-order chi connectivity index (χ1) is 11.8. The molecule has 1 unspecified atom stereocenters. The van der Waals surface area contributed by atoms with E-state index in [4.69, 9.17) is 20.1 Å². The molecule has 1 rings (SSSR count). The Hall–Kier alpha value is -1.75. The van der Waals surface area contributed by atoms with Crippen LogP contribution in [-0.2, 0) is 19.1 Å². The number of nitrogens with zero attached hydrogens (tertiary/aromatic N) is 3. The molecular weight excluding hydrogens is 334 g/mol. The van der Waals surface area contributed by atoms with Crippen molar-refractivity contribution in [3.8, 4) is 0 Å². The molecule has 0 aromatic rings. The van der Waals surface area contributed by atoms with Crippen LogP contribution in [0, 0.1) is 0 Å². The minimum atomic E-state index is -0.975. The Morgan fingerprint density at radius 1 is 0.840 bits per heavy atom. The highest BCUT2D eigenvalue weighted by Gasteiger charge is 2.22. The van der Waals surface area contributed by atoms with Crippen LogP contribution in [0.2, 0.25) is 0 Å². The van der Waals surface area contributed by atoms with Crippen molar-refractivity contribution in [1.82, 2.24) is 14.7 Å². The summed E-state index contributed by atoms with van der Waals surface area (Å²) in [7, 11) is 0. The molecule has 0 spiro atoms. The molecule has 1 aliphatic heterocycles. The van der Waals surface area contributed by atoms with E-state index in [1.54, 1.807) is 14.7 Å². The lowest BCUT2D eigenvalue weighted by atomic mass is 10.2. The van der Waals surface area contributed by atoms with Gasteiger partial charge in [0, 0.05) is 38.8 Å². The van der Waals surface area contributed by atoms with E-state index in [9.17, 15) is 14.4 Å². The van der Waals surface area contributed by atoms with Crippen molar-refractivity contribution >= 4 is 17.9 Å². The van der Waals surface area contributed by atoms with Gasteiger partial charge < -0.3 is 20.1 Å². The molecule has 1 heterocycles. The van der Waals surface area contributed by atoms with Crippen LogP contribution in [0.15, 0.2) is 0 Å². The molecule has 3 N–H and O–H groups in total. The molecule has 0 aromatic heterocycles. The minimum absolute atomic E-state index is 0.134. The van der Waals surface area contributed by atoms with Gasteiger partial charge in [0.2, 0.25) is 0 Å². The van der Waals surface area contributed by atoms with E-state index in [2.05, 4.69) is 0 Å². The predicted molar refractivity (Wildman–Crippen MR) is 87.6 cm³/mol. The lowest BCUT2D eigenvalue weighted by molar-refractivity contribution is -0.141. The summed E-state index contributed by atoms with van der Waals surface area (Å²) < 4.78 is 5.49. The number of aliphatic carboxylic acids is 3. The number of ether oxygens (including phenoxy) is 1. The topological polar surface area (TPSA) is 131 Å². The van der Waals surface area contributed by atoms with Crippen LogP contribution in [0.25, 0.3) is 0 Å². The van der Waals surface area contributed by atoms with E-state index < -0.39 is 17.9 Å². The first-order valence-corrected chi connectivity index (χ1v) is 8.19. The Bertz CT molecular complexity index is 460. The molecule has 0 amide bonds.